The Morgan fingerprint density at radius 2 is 1.78 bits per heavy atom. The lowest BCUT2D eigenvalue weighted by Gasteiger charge is -2.33. The second-order valence-electron chi connectivity index (χ2n) is 7.18. The number of piperazine rings is 1. The molecule has 2 aromatic rings. The van der Waals surface area contributed by atoms with E-state index in [4.69, 9.17) is 0 Å². The monoisotopic (exact) mass is 390 g/mol. The predicted octanol–water partition coefficient (Wildman–Crippen LogP) is 1.31. The van der Waals surface area contributed by atoms with Crippen LogP contribution in [0.15, 0.2) is 11.0 Å². The summed E-state index contributed by atoms with van der Waals surface area (Å²) < 4.78 is 1.31. The van der Waals surface area contributed by atoms with Crippen LogP contribution in [0.3, 0.4) is 0 Å². The summed E-state index contributed by atoms with van der Waals surface area (Å²) in [6, 6.07) is 0. The van der Waals surface area contributed by atoms with Crippen molar-refractivity contribution < 1.29 is 4.79 Å². The maximum atomic E-state index is 12.9. The Morgan fingerprint density at radius 1 is 1.07 bits per heavy atom. The highest BCUT2D eigenvalue weighted by molar-refractivity contribution is 7.20. The molecule has 0 N–H and O–H groups in total. The van der Waals surface area contributed by atoms with E-state index in [1.807, 2.05) is 0 Å². The van der Waals surface area contributed by atoms with E-state index in [0.717, 1.165) is 50.7 Å². The zero-order valence-corrected chi connectivity index (χ0v) is 16.6. The minimum absolute atomic E-state index is 0.116. The van der Waals surface area contributed by atoms with E-state index < -0.39 is 0 Å². The second kappa shape index (κ2) is 7.93. The molecule has 4 heterocycles. The summed E-state index contributed by atoms with van der Waals surface area (Å²) in [6.45, 7) is 7.99. The second-order valence-corrected chi connectivity index (χ2v) is 8.12. The van der Waals surface area contributed by atoms with Gasteiger partial charge in [-0.3, -0.25) is 9.59 Å². The number of carbonyl (C=O) groups excluding carboxylic acids is 1. The van der Waals surface area contributed by atoms with Crippen LogP contribution in [0.2, 0.25) is 0 Å². The molecule has 0 spiro atoms. The maximum absolute atomic E-state index is 12.9. The largest absolute Gasteiger partial charge is 0.347 e. The number of carbonyl (C=O) groups is 1. The van der Waals surface area contributed by atoms with Crippen LogP contribution in [0.5, 0.6) is 0 Å². The molecule has 0 unspecified atom stereocenters. The first-order chi connectivity index (χ1) is 13.2. The Bertz CT molecular complexity index is 862. The Balaban J connectivity index is 1.58. The predicted molar refractivity (Wildman–Crippen MR) is 106 cm³/mol. The Morgan fingerprint density at radius 3 is 2.44 bits per heavy atom. The van der Waals surface area contributed by atoms with Crippen LogP contribution in [0.1, 0.15) is 43.0 Å². The van der Waals surface area contributed by atoms with E-state index in [1.54, 1.807) is 4.90 Å². The first-order valence-corrected chi connectivity index (χ1v) is 10.6. The van der Waals surface area contributed by atoms with Crippen molar-refractivity contribution >= 4 is 27.3 Å². The first-order valence-electron chi connectivity index (χ1n) is 9.83. The molecule has 2 saturated heterocycles. The van der Waals surface area contributed by atoms with E-state index in [2.05, 4.69) is 26.8 Å². The maximum Gasteiger partial charge on any atom is 0.288 e. The SMILES string of the molecule is CCN1CCN(C(=O)c2cnc3sc(N4CCCCCC4)nn3c2=O)CC1. The van der Waals surface area contributed by atoms with Gasteiger partial charge in [0.25, 0.3) is 11.5 Å². The lowest BCUT2D eigenvalue weighted by molar-refractivity contribution is 0.0641. The van der Waals surface area contributed by atoms with Crippen LogP contribution in [-0.4, -0.2) is 76.1 Å². The topological polar surface area (TPSA) is 74.1 Å². The third kappa shape index (κ3) is 3.70. The molecule has 2 fully saturated rings. The molecule has 0 radical (unpaired) electrons. The molecule has 9 heteroatoms. The number of rotatable bonds is 3. The summed E-state index contributed by atoms with van der Waals surface area (Å²) in [5.74, 6) is -0.234. The van der Waals surface area contributed by atoms with E-state index in [-0.39, 0.29) is 17.0 Å². The number of hydrogen-bond donors (Lipinski definition) is 0. The number of nitrogens with zero attached hydrogens (tertiary/aromatic N) is 6. The molecule has 0 bridgehead atoms. The molecule has 146 valence electrons. The minimum atomic E-state index is -0.361. The number of anilines is 1. The molecule has 0 aliphatic carbocycles. The fourth-order valence-corrected chi connectivity index (χ4v) is 4.66. The summed E-state index contributed by atoms with van der Waals surface area (Å²) >= 11 is 1.42. The van der Waals surface area contributed by atoms with E-state index in [9.17, 15) is 9.59 Å². The molecular weight excluding hydrogens is 364 g/mol. The van der Waals surface area contributed by atoms with Gasteiger partial charge < -0.3 is 14.7 Å². The summed E-state index contributed by atoms with van der Waals surface area (Å²) in [7, 11) is 0. The van der Waals surface area contributed by atoms with Crippen molar-refractivity contribution in [2.45, 2.75) is 32.6 Å². The molecule has 4 rings (SSSR count). The van der Waals surface area contributed by atoms with Crippen molar-refractivity contribution in [1.29, 1.82) is 0 Å². The van der Waals surface area contributed by atoms with Crippen LogP contribution in [0.25, 0.3) is 4.96 Å². The van der Waals surface area contributed by atoms with Crippen molar-refractivity contribution in [2.75, 3.05) is 50.7 Å². The molecule has 2 aliphatic heterocycles. The highest BCUT2D eigenvalue weighted by Crippen LogP contribution is 2.24. The van der Waals surface area contributed by atoms with Crippen molar-refractivity contribution in [3.8, 4) is 0 Å². The van der Waals surface area contributed by atoms with Crippen LogP contribution in [0, 0.1) is 0 Å². The molecule has 2 aliphatic rings. The number of fused-ring (bicyclic) bond motifs is 1. The van der Waals surface area contributed by atoms with Crippen LogP contribution < -0.4 is 10.5 Å². The van der Waals surface area contributed by atoms with Gasteiger partial charge in [-0.1, -0.05) is 31.1 Å². The van der Waals surface area contributed by atoms with Crippen molar-refractivity contribution in [1.82, 2.24) is 24.4 Å². The minimum Gasteiger partial charge on any atom is -0.347 e. The molecule has 0 atom stereocenters. The summed E-state index contributed by atoms with van der Waals surface area (Å²) in [6.07, 6.45) is 6.20. The van der Waals surface area contributed by atoms with Crippen LogP contribution in [0.4, 0.5) is 5.13 Å². The van der Waals surface area contributed by atoms with Gasteiger partial charge in [0.1, 0.15) is 5.56 Å². The van der Waals surface area contributed by atoms with Gasteiger partial charge >= 0.3 is 0 Å². The highest BCUT2D eigenvalue weighted by Gasteiger charge is 2.25. The fourth-order valence-electron chi connectivity index (χ4n) is 3.75. The van der Waals surface area contributed by atoms with E-state index in [0.29, 0.717) is 18.1 Å². The van der Waals surface area contributed by atoms with Gasteiger partial charge in [0.15, 0.2) is 0 Å². The van der Waals surface area contributed by atoms with E-state index in [1.165, 1.54) is 34.9 Å². The van der Waals surface area contributed by atoms with Gasteiger partial charge in [0.05, 0.1) is 0 Å². The molecule has 2 aromatic heterocycles. The van der Waals surface area contributed by atoms with Crippen molar-refractivity contribution in [3.63, 3.8) is 0 Å². The number of likely N-dealkylation sites (N-methyl/N-ethyl adjacent to an activating group) is 1. The lowest BCUT2D eigenvalue weighted by Crippen LogP contribution is -2.49. The van der Waals surface area contributed by atoms with Crippen LogP contribution >= 0.6 is 11.3 Å². The number of aromatic nitrogens is 3. The van der Waals surface area contributed by atoms with Gasteiger partial charge in [0, 0.05) is 45.5 Å². The standard InChI is InChI=1S/C18H26N6O2S/c1-2-21-9-11-22(12-10-21)15(25)14-13-19-17-24(16(14)26)20-18(27-17)23-7-5-3-4-6-8-23/h13H,2-12H2,1H3. The fraction of sp³-hybridized carbons (Fsp3) is 0.667. The Labute approximate surface area is 162 Å². The van der Waals surface area contributed by atoms with E-state index >= 15 is 0 Å². The third-order valence-electron chi connectivity index (χ3n) is 5.49. The van der Waals surface area contributed by atoms with Gasteiger partial charge in [0.2, 0.25) is 10.1 Å². The van der Waals surface area contributed by atoms with Crippen molar-refractivity contribution in [3.05, 3.63) is 22.1 Å². The van der Waals surface area contributed by atoms with Crippen molar-refractivity contribution in [2.24, 2.45) is 0 Å². The normalized spacial score (nSPS) is 19.4. The van der Waals surface area contributed by atoms with Crippen LogP contribution in [-0.2, 0) is 0 Å². The van der Waals surface area contributed by atoms with Gasteiger partial charge in [-0.25, -0.2) is 4.98 Å². The molecule has 27 heavy (non-hydrogen) atoms. The van der Waals surface area contributed by atoms with Gasteiger partial charge in [-0.05, 0) is 19.4 Å². The lowest BCUT2D eigenvalue weighted by atomic mass is 10.2. The summed E-state index contributed by atoms with van der Waals surface area (Å²) in [5, 5.41) is 5.32. The third-order valence-corrected chi connectivity index (χ3v) is 6.47. The first kappa shape index (κ1) is 18.4. The number of amides is 1. The molecule has 0 saturated carbocycles. The zero-order chi connectivity index (χ0) is 18.8. The molecule has 8 nitrogen and oxygen atoms in total. The highest BCUT2D eigenvalue weighted by atomic mass is 32.1. The molecular formula is C18H26N6O2S. The summed E-state index contributed by atoms with van der Waals surface area (Å²) in [4.78, 5) is 36.9. The average molecular weight is 391 g/mol. The van der Waals surface area contributed by atoms with Gasteiger partial charge in [-0.15, -0.1) is 5.10 Å². The Kier molecular flexibility index (Phi) is 5.40. The van der Waals surface area contributed by atoms with Gasteiger partial charge in [-0.2, -0.15) is 4.52 Å². The quantitative estimate of drug-likeness (QED) is 0.787. The number of hydrogen-bond acceptors (Lipinski definition) is 7. The average Bonchev–Trinajstić information content (AvgIpc) is 2.95. The summed E-state index contributed by atoms with van der Waals surface area (Å²) in [5.41, 5.74) is -0.245. The Hall–Kier alpha value is -2.00. The molecule has 1 amide bonds. The molecule has 0 aromatic carbocycles. The zero-order valence-electron chi connectivity index (χ0n) is 15.8. The smallest absolute Gasteiger partial charge is 0.288 e.